The molecule has 1 fully saturated rings. The molecule has 0 radical (unpaired) electrons. The lowest BCUT2D eigenvalue weighted by atomic mass is 10.1. The fourth-order valence-corrected chi connectivity index (χ4v) is 3.14. The number of β-lactam (4-membered cyclic amide) rings is 1. The number of carboxylic acid groups (broad SMARTS) is 1. The average Bonchev–Trinajstić information content (AvgIpc) is 2.18. The van der Waals surface area contributed by atoms with Crippen molar-refractivity contribution in [1.82, 2.24) is 4.90 Å². The predicted octanol–water partition coefficient (Wildman–Crippen LogP) is 0.275. The Morgan fingerprint density at radius 1 is 1.67 bits per heavy atom. The van der Waals surface area contributed by atoms with Crippen molar-refractivity contribution >= 4 is 23.6 Å². The molecule has 1 unspecified atom stereocenters. The monoisotopic (exact) mass is 229 g/mol. The Labute approximate surface area is 91.1 Å². The standard InChI is InChI=1S/C9H11NO4S/c1-4-3-15-8-6(14-2)7(11)10(8)5(4)9(12)13/h6,8H,3H2,1-2H3,(H,12,13)/t6?,8-/m1/s1. The van der Waals surface area contributed by atoms with Crippen LogP contribution in [-0.4, -0.2) is 46.2 Å². The van der Waals surface area contributed by atoms with Crippen LogP contribution in [-0.2, 0) is 14.3 Å². The summed E-state index contributed by atoms with van der Waals surface area (Å²) in [6.45, 7) is 1.74. The molecule has 2 aliphatic heterocycles. The summed E-state index contributed by atoms with van der Waals surface area (Å²) in [5, 5.41) is 8.84. The number of hydrogen-bond donors (Lipinski definition) is 1. The molecule has 15 heavy (non-hydrogen) atoms. The minimum Gasteiger partial charge on any atom is -0.477 e. The van der Waals surface area contributed by atoms with E-state index in [4.69, 9.17) is 9.84 Å². The maximum atomic E-state index is 11.6. The Kier molecular flexibility index (Phi) is 2.47. The van der Waals surface area contributed by atoms with E-state index < -0.39 is 12.1 Å². The van der Waals surface area contributed by atoms with E-state index in [1.54, 1.807) is 6.92 Å². The number of fused-ring (bicyclic) bond motifs is 1. The molecule has 6 heteroatoms. The fraction of sp³-hybridized carbons (Fsp3) is 0.556. The molecule has 0 aliphatic carbocycles. The minimum atomic E-state index is -1.04. The largest absolute Gasteiger partial charge is 0.477 e. The van der Waals surface area contributed by atoms with Gasteiger partial charge in [-0.25, -0.2) is 4.79 Å². The van der Waals surface area contributed by atoms with Crippen molar-refractivity contribution in [2.75, 3.05) is 12.9 Å². The van der Waals surface area contributed by atoms with Crippen molar-refractivity contribution < 1.29 is 19.4 Å². The molecule has 2 aliphatic rings. The van der Waals surface area contributed by atoms with Crippen LogP contribution < -0.4 is 0 Å². The maximum Gasteiger partial charge on any atom is 0.352 e. The first-order valence-corrected chi connectivity index (χ1v) is 5.53. The van der Waals surface area contributed by atoms with Gasteiger partial charge in [0.05, 0.1) is 0 Å². The SMILES string of the molecule is COC1C(=O)N2C(C(=O)O)=C(C)CS[C@H]12. The van der Waals surface area contributed by atoms with Crippen molar-refractivity contribution in [2.24, 2.45) is 0 Å². The highest BCUT2D eigenvalue weighted by Crippen LogP contribution is 2.40. The molecule has 82 valence electrons. The second-order valence-electron chi connectivity index (χ2n) is 3.50. The first-order valence-electron chi connectivity index (χ1n) is 4.48. The first kappa shape index (κ1) is 10.5. The zero-order chi connectivity index (χ0) is 11.2. The summed E-state index contributed by atoms with van der Waals surface area (Å²) < 4.78 is 5.00. The van der Waals surface area contributed by atoms with Crippen LogP contribution in [0.1, 0.15) is 6.92 Å². The number of thioether (sulfide) groups is 1. The highest BCUT2D eigenvalue weighted by Gasteiger charge is 2.53. The summed E-state index contributed by atoms with van der Waals surface area (Å²) in [6.07, 6.45) is -0.488. The molecular formula is C9H11NO4S. The van der Waals surface area contributed by atoms with Gasteiger partial charge in [-0.05, 0) is 12.5 Å². The number of nitrogens with zero attached hydrogens (tertiary/aromatic N) is 1. The van der Waals surface area contributed by atoms with Crippen LogP contribution in [0.15, 0.2) is 11.3 Å². The van der Waals surface area contributed by atoms with Gasteiger partial charge in [0.15, 0.2) is 6.10 Å². The van der Waals surface area contributed by atoms with Gasteiger partial charge in [-0.3, -0.25) is 9.69 Å². The number of aliphatic carboxylic acids is 1. The van der Waals surface area contributed by atoms with Crippen LogP contribution in [0.5, 0.6) is 0 Å². The Morgan fingerprint density at radius 3 is 2.87 bits per heavy atom. The molecule has 5 nitrogen and oxygen atoms in total. The molecule has 1 saturated heterocycles. The quantitative estimate of drug-likeness (QED) is 0.689. The number of carboxylic acids is 1. The number of carbonyl (C=O) groups excluding carboxylic acids is 1. The van der Waals surface area contributed by atoms with Gasteiger partial charge < -0.3 is 9.84 Å². The van der Waals surface area contributed by atoms with Crippen LogP contribution in [0.2, 0.25) is 0 Å². The van der Waals surface area contributed by atoms with Crippen LogP contribution in [0.25, 0.3) is 0 Å². The van der Waals surface area contributed by atoms with Crippen LogP contribution >= 0.6 is 11.8 Å². The molecule has 0 spiro atoms. The van der Waals surface area contributed by atoms with Gasteiger partial charge in [-0.1, -0.05) is 0 Å². The van der Waals surface area contributed by atoms with Crippen molar-refractivity contribution in [2.45, 2.75) is 18.4 Å². The summed E-state index contributed by atoms with van der Waals surface area (Å²) in [5.74, 6) is -0.664. The van der Waals surface area contributed by atoms with Gasteiger partial charge in [-0.15, -0.1) is 11.8 Å². The minimum absolute atomic E-state index is 0.122. The Bertz CT molecular complexity index is 365. The number of amides is 1. The summed E-state index contributed by atoms with van der Waals surface area (Å²) in [5.41, 5.74) is 0.851. The van der Waals surface area contributed by atoms with E-state index >= 15 is 0 Å². The first-order chi connectivity index (χ1) is 7.07. The van der Waals surface area contributed by atoms with E-state index in [0.29, 0.717) is 5.75 Å². The lowest BCUT2D eigenvalue weighted by Crippen LogP contribution is -2.65. The van der Waals surface area contributed by atoms with E-state index in [1.807, 2.05) is 0 Å². The van der Waals surface area contributed by atoms with Crippen molar-refractivity contribution in [1.29, 1.82) is 0 Å². The second-order valence-corrected chi connectivity index (χ2v) is 4.61. The number of methoxy groups -OCH3 is 1. The zero-order valence-corrected chi connectivity index (χ0v) is 9.21. The number of ether oxygens (including phenoxy) is 1. The van der Waals surface area contributed by atoms with Crippen molar-refractivity contribution in [3.05, 3.63) is 11.3 Å². The third-order valence-corrected chi connectivity index (χ3v) is 3.97. The Balaban J connectivity index is 2.32. The highest BCUT2D eigenvalue weighted by molar-refractivity contribution is 8.00. The molecular weight excluding hydrogens is 218 g/mol. The van der Waals surface area contributed by atoms with Gasteiger partial charge in [0, 0.05) is 12.9 Å². The summed E-state index contributed by atoms with van der Waals surface area (Å²) >= 11 is 1.54. The molecule has 0 aromatic carbocycles. The van der Waals surface area contributed by atoms with E-state index in [1.165, 1.54) is 23.8 Å². The van der Waals surface area contributed by atoms with Crippen LogP contribution in [0.4, 0.5) is 0 Å². The third-order valence-electron chi connectivity index (χ3n) is 2.57. The van der Waals surface area contributed by atoms with E-state index in [9.17, 15) is 9.59 Å². The van der Waals surface area contributed by atoms with E-state index in [-0.39, 0.29) is 17.0 Å². The van der Waals surface area contributed by atoms with Crippen molar-refractivity contribution in [3.63, 3.8) is 0 Å². The summed E-state index contributed by atoms with van der Waals surface area (Å²) in [6, 6.07) is 0. The maximum absolute atomic E-state index is 11.6. The average molecular weight is 229 g/mol. The lowest BCUT2D eigenvalue weighted by molar-refractivity contribution is -0.162. The van der Waals surface area contributed by atoms with Gasteiger partial charge in [0.2, 0.25) is 0 Å². The van der Waals surface area contributed by atoms with Crippen molar-refractivity contribution in [3.8, 4) is 0 Å². The third kappa shape index (κ3) is 1.36. The normalized spacial score (nSPS) is 30.0. The molecule has 0 aromatic rings. The molecule has 0 bridgehead atoms. The van der Waals surface area contributed by atoms with Gasteiger partial charge >= 0.3 is 5.97 Å². The van der Waals surface area contributed by atoms with Gasteiger partial charge in [0.25, 0.3) is 5.91 Å². The highest BCUT2D eigenvalue weighted by atomic mass is 32.2. The summed E-state index contributed by atoms with van der Waals surface area (Å²) in [4.78, 5) is 23.9. The molecule has 1 amide bonds. The molecule has 2 heterocycles. The molecule has 2 rings (SSSR count). The molecule has 0 aromatic heterocycles. The molecule has 2 atom stereocenters. The number of rotatable bonds is 2. The predicted molar refractivity (Wildman–Crippen MR) is 54.2 cm³/mol. The van der Waals surface area contributed by atoms with Crippen LogP contribution in [0.3, 0.4) is 0 Å². The second kappa shape index (κ2) is 3.53. The zero-order valence-electron chi connectivity index (χ0n) is 8.39. The number of hydrogen-bond acceptors (Lipinski definition) is 4. The smallest absolute Gasteiger partial charge is 0.352 e. The van der Waals surface area contributed by atoms with E-state index in [0.717, 1.165) is 5.57 Å². The van der Waals surface area contributed by atoms with E-state index in [2.05, 4.69) is 0 Å². The Hall–Kier alpha value is -1.01. The summed E-state index contributed by atoms with van der Waals surface area (Å²) in [7, 11) is 1.46. The Morgan fingerprint density at radius 2 is 2.33 bits per heavy atom. The lowest BCUT2D eigenvalue weighted by Gasteiger charge is -2.48. The number of carbonyl (C=O) groups is 2. The molecule has 0 saturated carbocycles. The van der Waals surface area contributed by atoms with Crippen LogP contribution in [0, 0.1) is 0 Å². The fourth-order valence-electron chi connectivity index (χ4n) is 1.82. The van der Waals surface area contributed by atoms with Gasteiger partial charge in [-0.2, -0.15) is 0 Å². The topological polar surface area (TPSA) is 66.8 Å². The van der Waals surface area contributed by atoms with Gasteiger partial charge in [0.1, 0.15) is 11.1 Å². The molecule has 1 N–H and O–H groups in total.